The van der Waals surface area contributed by atoms with E-state index in [-0.39, 0.29) is 5.91 Å². The first-order chi connectivity index (χ1) is 10.5. The summed E-state index contributed by atoms with van der Waals surface area (Å²) in [5.74, 6) is 0.785. The third-order valence-electron chi connectivity index (χ3n) is 3.66. The number of hydrogen-bond donors (Lipinski definition) is 0. The Morgan fingerprint density at radius 2 is 1.82 bits per heavy atom. The van der Waals surface area contributed by atoms with Crippen molar-refractivity contribution in [1.82, 2.24) is 4.90 Å². The lowest BCUT2D eigenvalue weighted by molar-refractivity contribution is -0.138. The van der Waals surface area contributed by atoms with E-state index in [0.717, 1.165) is 50.1 Å². The average molecular weight is 326 g/mol. The molecule has 1 aromatic rings. The Labute approximate surface area is 139 Å². The van der Waals surface area contributed by atoms with Gasteiger partial charge in [0.25, 0.3) is 5.91 Å². The molecule has 0 aliphatic heterocycles. The van der Waals surface area contributed by atoms with E-state index >= 15 is 0 Å². The van der Waals surface area contributed by atoms with Gasteiger partial charge < -0.3 is 9.64 Å². The normalized spacial score (nSPS) is 12.0. The molecule has 0 fully saturated rings. The smallest absolute Gasteiger partial charge is 0.263 e. The summed E-state index contributed by atoms with van der Waals surface area (Å²) in [6, 6.07) is 5.46. The van der Waals surface area contributed by atoms with Gasteiger partial charge in [0, 0.05) is 18.1 Å². The number of rotatable bonds is 9. The summed E-state index contributed by atoms with van der Waals surface area (Å²) in [5.41, 5.74) is 0.945. The number of carbonyl (C=O) groups excluding carboxylic acids is 1. The number of ether oxygens (including phenoxy) is 1. The highest BCUT2D eigenvalue weighted by atomic mass is 35.5. The van der Waals surface area contributed by atoms with Gasteiger partial charge in [-0.25, -0.2) is 0 Å². The second-order valence-corrected chi connectivity index (χ2v) is 6.14. The van der Waals surface area contributed by atoms with E-state index < -0.39 is 6.10 Å². The maximum atomic E-state index is 12.6. The van der Waals surface area contributed by atoms with Crippen LogP contribution in [0.3, 0.4) is 0 Å². The summed E-state index contributed by atoms with van der Waals surface area (Å²) >= 11 is 5.95. The molecule has 124 valence electrons. The van der Waals surface area contributed by atoms with Crippen molar-refractivity contribution in [2.75, 3.05) is 13.1 Å². The fraction of sp³-hybridized carbons (Fsp3) is 0.611. The molecule has 0 bridgehead atoms. The van der Waals surface area contributed by atoms with Crippen molar-refractivity contribution in [3.05, 3.63) is 28.8 Å². The molecule has 0 radical (unpaired) electrons. The maximum absolute atomic E-state index is 12.6. The summed E-state index contributed by atoms with van der Waals surface area (Å²) < 4.78 is 5.85. The van der Waals surface area contributed by atoms with E-state index in [1.807, 2.05) is 30.9 Å². The van der Waals surface area contributed by atoms with Crippen molar-refractivity contribution >= 4 is 17.5 Å². The van der Waals surface area contributed by atoms with Crippen LogP contribution in [0.15, 0.2) is 18.2 Å². The van der Waals surface area contributed by atoms with E-state index in [9.17, 15) is 4.79 Å². The van der Waals surface area contributed by atoms with Gasteiger partial charge in [0.15, 0.2) is 6.10 Å². The topological polar surface area (TPSA) is 29.5 Å². The van der Waals surface area contributed by atoms with Crippen LogP contribution in [0.25, 0.3) is 0 Å². The number of carbonyl (C=O) groups is 1. The number of halogens is 1. The zero-order chi connectivity index (χ0) is 16.5. The van der Waals surface area contributed by atoms with Crippen LogP contribution in [0, 0.1) is 6.92 Å². The molecule has 1 aromatic carbocycles. The quantitative estimate of drug-likeness (QED) is 0.650. The van der Waals surface area contributed by atoms with Gasteiger partial charge in [-0.2, -0.15) is 0 Å². The highest BCUT2D eigenvalue weighted by Gasteiger charge is 2.21. The molecule has 4 heteroatoms. The molecule has 0 aliphatic carbocycles. The first kappa shape index (κ1) is 18.8. The van der Waals surface area contributed by atoms with E-state index in [2.05, 4.69) is 13.8 Å². The van der Waals surface area contributed by atoms with Crippen molar-refractivity contribution in [3.63, 3.8) is 0 Å². The van der Waals surface area contributed by atoms with Crippen LogP contribution in [0.1, 0.15) is 52.0 Å². The molecule has 1 amide bonds. The van der Waals surface area contributed by atoms with Gasteiger partial charge in [0.1, 0.15) is 5.75 Å². The third kappa shape index (κ3) is 5.88. The Kier molecular flexibility index (Phi) is 8.32. The van der Waals surface area contributed by atoms with Crippen LogP contribution >= 0.6 is 11.6 Å². The largest absolute Gasteiger partial charge is 0.481 e. The maximum Gasteiger partial charge on any atom is 0.263 e. The van der Waals surface area contributed by atoms with Crippen LogP contribution in [-0.4, -0.2) is 30.0 Å². The predicted octanol–water partition coefficient (Wildman–Crippen LogP) is 4.84. The van der Waals surface area contributed by atoms with Gasteiger partial charge in [-0.15, -0.1) is 0 Å². The Morgan fingerprint density at radius 1 is 1.23 bits per heavy atom. The zero-order valence-corrected chi connectivity index (χ0v) is 14.9. The van der Waals surface area contributed by atoms with Crippen molar-refractivity contribution in [1.29, 1.82) is 0 Å². The number of amides is 1. The van der Waals surface area contributed by atoms with E-state index in [1.165, 1.54) is 0 Å². The first-order valence-corrected chi connectivity index (χ1v) is 8.59. The van der Waals surface area contributed by atoms with Crippen LogP contribution in [0.5, 0.6) is 5.75 Å². The molecule has 0 N–H and O–H groups in total. The van der Waals surface area contributed by atoms with Gasteiger partial charge in [-0.1, -0.05) is 38.3 Å². The fourth-order valence-electron chi connectivity index (χ4n) is 2.27. The monoisotopic (exact) mass is 325 g/mol. The third-order valence-corrected chi connectivity index (χ3v) is 3.90. The Balaban J connectivity index is 2.70. The first-order valence-electron chi connectivity index (χ1n) is 8.21. The number of unbranched alkanes of at least 4 members (excludes halogenated alkanes) is 2. The molecule has 0 heterocycles. The number of aryl methyl sites for hydroxylation is 1. The standard InChI is InChI=1S/C18H28ClNO2/c1-5-7-11-20(12-8-6-2)18(21)15(4)22-17-10-9-16(19)13-14(17)3/h9-10,13,15H,5-8,11-12H2,1-4H3/t15-/m0/s1. The number of hydrogen-bond acceptors (Lipinski definition) is 2. The van der Waals surface area contributed by atoms with Gasteiger partial charge in [-0.3, -0.25) is 4.79 Å². The average Bonchev–Trinajstić information content (AvgIpc) is 2.49. The van der Waals surface area contributed by atoms with Gasteiger partial charge >= 0.3 is 0 Å². The van der Waals surface area contributed by atoms with E-state index in [4.69, 9.17) is 16.3 Å². The lowest BCUT2D eigenvalue weighted by Gasteiger charge is -2.26. The highest BCUT2D eigenvalue weighted by molar-refractivity contribution is 6.30. The SMILES string of the molecule is CCCCN(CCCC)C(=O)[C@H](C)Oc1ccc(Cl)cc1C. The summed E-state index contributed by atoms with van der Waals surface area (Å²) in [6.45, 7) is 9.65. The van der Waals surface area contributed by atoms with Crippen molar-refractivity contribution in [2.45, 2.75) is 59.5 Å². The summed E-state index contributed by atoms with van der Waals surface area (Å²) in [7, 11) is 0. The van der Waals surface area contributed by atoms with Crippen molar-refractivity contribution in [2.24, 2.45) is 0 Å². The van der Waals surface area contributed by atoms with Gasteiger partial charge in [0.2, 0.25) is 0 Å². The molecule has 0 saturated carbocycles. The van der Waals surface area contributed by atoms with Gasteiger partial charge in [0.05, 0.1) is 0 Å². The van der Waals surface area contributed by atoms with Crippen molar-refractivity contribution in [3.8, 4) is 5.75 Å². The lowest BCUT2D eigenvalue weighted by atomic mass is 10.2. The molecule has 0 saturated heterocycles. The molecule has 0 unspecified atom stereocenters. The second kappa shape index (κ2) is 9.73. The molecular weight excluding hydrogens is 298 g/mol. The minimum Gasteiger partial charge on any atom is -0.481 e. The number of benzene rings is 1. The zero-order valence-electron chi connectivity index (χ0n) is 14.2. The van der Waals surface area contributed by atoms with Crippen LogP contribution in [0.2, 0.25) is 5.02 Å². The number of nitrogens with zero attached hydrogens (tertiary/aromatic N) is 1. The van der Waals surface area contributed by atoms with E-state index in [0.29, 0.717) is 5.02 Å². The Hall–Kier alpha value is -1.22. The Morgan fingerprint density at radius 3 is 2.32 bits per heavy atom. The Bertz CT molecular complexity index is 468. The highest BCUT2D eigenvalue weighted by Crippen LogP contribution is 2.23. The second-order valence-electron chi connectivity index (χ2n) is 5.70. The molecule has 3 nitrogen and oxygen atoms in total. The minimum atomic E-state index is -0.478. The molecule has 1 rings (SSSR count). The molecule has 22 heavy (non-hydrogen) atoms. The predicted molar refractivity (Wildman–Crippen MR) is 92.7 cm³/mol. The summed E-state index contributed by atoms with van der Waals surface area (Å²) in [4.78, 5) is 14.5. The van der Waals surface area contributed by atoms with Crippen molar-refractivity contribution < 1.29 is 9.53 Å². The van der Waals surface area contributed by atoms with Crippen LogP contribution in [-0.2, 0) is 4.79 Å². The minimum absolute atomic E-state index is 0.0660. The summed E-state index contributed by atoms with van der Waals surface area (Å²) in [6.07, 6.45) is 3.75. The van der Waals surface area contributed by atoms with Crippen LogP contribution < -0.4 is 4.74 Å². The molecule has 0 aliphatic rings. The fourth-order valence-corrected chi connectivity index (χ4v) is 2.50. The molecular formula is C18H28ClNO2. The molecule has 0 aromatic heterocycles. The molecule has 0 spiro atoms. The van der Waals surface area contributed by atoms with Gasteiger partial charge in [-0.05, 0) is 50.5 Å². The molecule has 1 atom stereocenters. The lowest BCUT2D eigenvalue weighted by Crippen LogP contribution is -2.41. The summed E-state index contributed by atoms with van der Waals surface area (Å²) in [5, 5.41) is 0.677. The van der Waals surface area contributed by atoms with E-state index in [1.54, 1.807) is 6.07 Å². The van der Waals surface area contributed by atoms with Crippen LogP contribution in [0.4, 0.5) is 0 Å².